The molecule has 0 bridgehead atoms. The van der Waals surface area contributed by atoms with Crippen molar-refractivity contribution in [2.45, 2.75) is 32.0 Å². The summed E-state index contributed by atoms with van der Waals surface area (Å²) in [6.45, 7) is 9.65. The molecule has 10 heteroatoms. The van der Waals surface area contributed by atoms with Gasteiger partial charge in [-0.05, 0) is 35.7 Å². The standard InChI is InChI=1S/C29H34N6O4/c36-26-8-7-25(27(37)31-26)35-28(38)23-6-5-22(17-24(23)29(35)39)34-15-13-33(14-16-34)19-21-3-1-20(2-4-21)18-32-11-9-30-10-12-32/h1-6,17,25,30H,7-16,18-19H2,(H,31,36,37). The average Bonchev–Trinajstić information content (AvgIpc) is 3.20. The SMILES string of the molecule is O=C1CCC(N2C(=O)c3ccc(N4CCN(Cc5ccc(CN6CCNCC6)cc5)CC4)cc3C2=O)C(=O)N1. The third-order valence-corrected chi connectivity index (χ3v) is 8.21. The minimum atomic E-state index is -0.946. The van der Waals surface area contributed by atoms with E-state index in [0.29, 0.717) is 11.1 Å². The number of rotatable bonds is 6. The highest BCUT2D eigenvalue weighted by Gasteiger charge is 2.44. The van der Waals surface area contributed by atoms with Crippen molar-refractivity contribution in [3.05, 3.63) is 64.7 Å². The van der Waals surface area contributed by atoms with Crippen LogP contribution >= 0.6 is 0 Å². The number of hydrogen-bond acceptors (Lipinski definition) is 8. The van der Waals surface area contributed by atoms with Gasteiger partial charge in [-0.2, -0.15) is 0 Å². The van der Waals surface area contributed by atoms with E-state index < -0.39 is 23.8 Å². The monoisotopic (exact) mass is 530 g/mol. The van der Waals surface area contributed by atoms with Gasteiger partial charge in [0.2, 0.25) is 11.8 Å². The first-order chi connectivity index (χ1) is 19.0. The van der Waals surface area contributed by atoms with Crippen molar-refractivity contribution >= 4 is 29.3 Å². The Morgan fingerprint density at radius 2 is 1.33 bits per heavy atom. The van der Waals surface area contributed by atoms with Crippen LogP contribution in [0, 0.1) is 0 Å². The maximum atomic E-state index is 13.2. The number of piperazine rings is 2. The number of hydrogen-bond donors (Lipinski definition) is 2. The topological polar surface area (TPSA) is 105 Å². The molecule has 1 atom stereocenters. The average molecular weight is 531 g/mol. The highest BCUT2D eigenvalue weighted by molar-refractivity contribution is 6.23. The van der Waals surface area contributed by atoms with Gasteiger partial charge in [0.15, 0.2) is 0 Å². The first kappa shape index (κ1) is 25.7. The van der Waals surface area contributed by atoms with E-state index >= 15 is 0 Å². The number of amides is 4. The van der Waals surface area contributed by atoms with E-state index in [0.717, 1.165) is 76.0 Å². The Hall–Kier alpha value is -3.60. The van der Waals surface area contributed by atoms with Gasteiger partial charge in [0.25, 0.3) is 11.8 Å². The molecule has 0 radical (unpaired) electrons. The normalized spacial score (nSPS) is 22.8. The lowest BCUT2D eigenvalue weighted by molar-refractivity contribution is -0.136. The summed E-state index contributed by atoms with van der Waals surface area (Å²) in [6.07, 6.45) is 0.268. The van der Waals surface area contributed by atoms with Crippen molar-refractivity contribution < 1.29 is 19.2 Å². The van der Waals surface area contributed by atoms with Gasteiger partial charge < -0.3 is 10.2 Å². The fourth-order valence-corrected chi connectivity index (χ4v) is 5.96. The van der Waals surface area contributed by atoms with E-state index in [9.17, 15) is 19.2 Å². The molecule has 1 unspecified atom stereocenters. The Morgan fingerprint density at radius 3 is 1.97 bits per heavy atom. The molecule has 3 fully saturated rings. The third kappa shape index (κ3) is 5.32. The molecule has 0 aliphatic carbocycles. The van der Waals surface area contributed by atoms with Crippen LogP contribution in [0.1, 0.15) is 44.7 Å². The number of benzene rings is 2. The molecule has 10 nitrogen and oxygen atoms in total. The third-order valence-electron chi connectivity index (χ3n) is 8.21. The number of nitrogens with zero attached hydrogens (tertiary/aromatic N) is 4. The van der Waals surface area contributed by atoms with Crippen LogP contribution in [0.5, 0.6) is 0 Å². The van der Waals surface area contributed by atoms with Crippen molar-refractivity contribution in [3.8, 4) is 0 Å². The van der Waals surface area contributed by atoms with Gasteiger partial charge in [-0.25, -0.2) is 0 Å². The number of carbonyl (C=O) groups excluding carboxylic acids is 4. The summed E-state index contributed by atoms with van der Waals surface area (Å²) in [7, 11) is 0. The summed E-state index contributed by atoms with van der Waals surface area (Å²) in [4.78, 5) is 58.1. The highest BCUT2D eigenvalue weighted by Crippen LogP contribution is 2.31. The van der Waals surface area contributed by atoms with Gasteiger partial charge in [-0.3, -0.25) is 39.2 Å². The second-order valence-corrected chi connectivity index (χ2v) is 10.8. The van der Waals surface area contributed by atoms with E-state index in [1.54, 1.807) is 12.1 Å². The smallest absolute Gasteiger partial charge is 0.262 e. The van der Waals surface area contributed by atoms with Crippen LogP contribution in [0.15, 0.2) is 42.5 Å². The van der Waals surface area contributed by atoms with Gasteiger partial charge in [-0.15, -0.1) is 0 Å². The van der Waals surface area contributed by atoms with E-state index in [1.165, 1.54) is 11.1 Å². The summed E-state index contributed by atoms with van der Waals surface area (Å²) in [5, 5.41) is 5.63. The lowest BCUT2D eigenvalue weighted by Crippen LogP contribution is -2.54. The molecule has 2 aromatic carbocycles. The number of fused-ring (bicyclic) bond motifs is 1. The van der Waals surface area contributed by atoms with E-state index in [1.807, 2.05) is 6.07 Å². The molecule has 39 heavy (non-hydrogen) atoms. The molecule has 6 rings (SSSR count). The van der Waals surface area contributed by atoms with Gasteiger partial charge in [0.1, 0.15) is 6.04 Å². The summed E-state index contributed by atoms with van der Waals surface area (Å²) >= 11 is 0. The second kappa shape index (κ2) is 10.9. The van der Waals surface area contributed by atoms with Gasteiger partial charge in [0.05, 0.1) is 11.1 Å². The lowest BCUT2D eigenvalue weighted by atomic mass is 10.0. The number of carbonyl (C=O) groups is 4. The second-order valence-electron chi connectivity index (χ2n) is 10.8. The predicted molar refractivity (Wildman–Crippen MR) is 145 cm³/mol. The van der Waals surface area contributed by atoms with Crippen LogP contribution in [0.3, 0.4) is 0 Å². The zero-order valence-corrected chi connectivity index (χ0v) is 22.0. The van der Waals surface area contributed by atoms with Crippen LogP contribution < -0.4 is 15.5 Å². The number of nitrogens with one attached hydrogen (secondary N) is 2. The van der Waals surface area contributed by atoms with Crippen LogP contribution in [0.25, 0.3) is 0 Å². The highest BCUT2D eigenvalue weighted by atomic mass is 16.2. The van der Waals surface area contributed by atoms with E-state index in [-0.39, 0.29) is 18.7 Å². The van der Waals surface area contributed by atoms with Crippen molar-refractivity contribution in [1.29, 1.82) is 0 Å². The summed E-state index contributed by atoms with van der Waals surface area (Å²) in [5.74, 6) is -1.91. The van der Waals surface area contributed by atoms with Crippen LogP contribution in [0.2, 0.25) is 0 Å². The van der Waals surface area contributed by atoms with Gasteiger partial charge in [0, 0.05) is 77.6 Å². The molecule has 0 spiro atoms. The Balaban J connectivity index is 1.05. The van der Waals surface area contributed by atoms with Gasteiger partial charge >= 0.3 is 0 Å². The summed E-state index contributed by atoms with van der Waals surface area (Å²) < 4.78 is 0. The molecule has 4 amide bonds. The van der Waals surface area contributed by atoms with Crippen molar-refractivity contribution in [2.75, 3.05) is 57.3 Å². The van der Waals surface area contributed by atoms with E-state index in [4.69, 9.17) is 0 Å². The molecule has 4 aliphatic rings. The fourth-order valence-electron chi connectivity index (χ4n) is 5.96. The van der Waals surface area contributed by atoms with E-state index in [2.05, 4.69) is 49.6 Å². The summed E-state index contributed by atoms with van der Waals surface area (Å²) in [6, 6.07) is 13.4. The lowest BCUT2D eigenvalue weighted by Gasteiger charge is -2.36. The first-order valence-electron chi connectivity index (χ1n) is 13.8. The maximum absolute atomic E-state index is 13.2. The maximum Gasteiger partial charge on any atom is 0.262 e. The van der Waals surface area contributed by atoms with Crippen LogP contribution in [-0.2, 0) is 22.7 Å². The molecule has 2 N–H and O–H groups in total. The molecule has 0 saturated carbocycles. The molecule has 3 saturated heterocycles. The molecular formula is C29H34N6O4. The quantitative estimate of drug-likeness (QED) is 0.529. The Kier molecular flexibility index (Phi) is 7.16. The Bertz CT molecular complexity index is 1280. The van der Waals surface area contributed by atoms with Crippen molar-refractivity contribution in [3.63, 3.8) is 0 Å². The molecular weight excluding hydrogens is 496 g/mol. The first-order valence-corrected chi connectivity index (χ1v) is 13.8. The molecule has 4 heterocycles. The van der Waals surface area contributed by atoms with Crippen LogP contribution in [0.4, 0.5) is 5.69 Å². The van der Waals surface area contributed by atoms with Crippen molar-refractivity contribution in [2.24, 2.45) is 0 Å². The molecule has 204 valence electrons. The van der Waals surface area contributed by atoms with Gasteiger partial charge in [-0.1, -0.05) is 24.3 Å². The molecule has 4 aliphatic heterocycles. The number of anilines is 1. The molecule has 0 aromatic heterocycles. The van der Waals surface area contributed by atoms with Crippen molar-refractivity contribution in [1.82, 2.24) is 25.3 Å². The Labute approximate surface area is 227 Å². The number of piperidine rings is 1. The summed E-state index contributed by atoms with van der Waals surface area (Å²) in [5.41, 5.74) is 4.20. The minimum Gasteiger partial charge on any atom is -0.369 e. The van der Waals surface area contributed by atoms with Crippen LogP contribution in [-0.4, -0.2) is 96.7 Å². The number of imide groups is 2. The molecule has 2 aromatic rings. The zero-order chi connectivity index (χ0) is 26.9. The zero-order valence-electron chi connectivity index (χ0n) is 22.0. The fraction of sp³-hybridized carbons (Fsp3) is 0.448. The minimum absolute atomic E-state index is 0.111. The predicted octanol–water partition coefficient (Wildman–Crippen LogP) is 0.815. The Morgan fingerprint density at radius 1 is 0.718 bits per heavy atom. The largest absolute Gasteiger partial charge is 0.369 e.